The number of fused-ring (bicyclic) bond motifs is 1. The Kier molecular flexibility index (Phi) is 6.54. The van der Waals surface area contributed by atoms with E-state index in [1.54, 1.807) is 17.0 Å². The molecule has 1 atom stereocenters. The molecule has 1 fully saturated rings. The predicted molar refractivity (Wildman–Crippen MR) is 127 cm³/mol. The summed E-state index contributed by atoms with van der Waals surface area (Å²) in [6.07, 6.45) is 1.48. The van der Waals surface area contributed by atoms with Gasteiger partial charge in [0.1, 0.15) is 12.2 Å². The van der Waals surface area contributed by atoms with Gasteiger partial charge in [-0.2, -0.15) is 4.98 Å². The zero-order valence-corrected chi connectivity index (χ0v) is 20.0. The minimum atomic E-state index is -0.532. The number of carbonyl (C=O) groups excluding carboxylic acids is 1. The van der Waals surface area contributed by atoms with Crippen LogP contribution in [0.5, 0.6) is 6.01 Å². The summed E-state index contributed by atoms with van der Waals surface area (Å²) in [5.41, 5.74) is 2.11. The van der Waals surface area contributed by atoms with Crippen LogP contribution in [0.25, 0.3) is 11.0 Å². The van der Waals surface area contributed by atoms with E-state index in [4.69, 9.17) is 32.7 Å². The van der Waals surface area contributed by atoms with Gasteiger partial charge >= 0.3 is 6.09 Å². The Morgan fingerprint density at radius 3 is 2.75 bits per heavy atom. The number of benzene rings is 2. The maximum atomic E-state index is 12.6. The number of amides is 1. The SMILES string of the molecule is CC(C)(C)OC(=O)N1CCC[C@H]1COc1nc2ccccc2n1Cc1cc(Cl)ccc1Cl. The Morgan fingerprint density at radius 2 is 1.97 bits per heavy atom. The number of carbonyl (C=O) groups is 1. The second-order valence-corrected chi connectivity index (χ2v) is 9.83. The number of nitrogens with zero attached hydrogens (tertiary/aromatic N) is 3. The monoisotopic (exact) mass is 475 g/mol. The molecule has 0 N–H and O–H groups in total. The van der Waals surface area contributed by atoms with Gasteiger partial charge in [0.2, 0.25) is 0 Å². The molecule has 0 saturated carbocycles. The zero-order valence-electron chi connectivity index (χ0n) is 18.5. The average molecular weight is 476 g/mol. The Hall–Kier alpha value is -2.44. The van der Waals surface area contributed by atoms with Crippen molar-refractivity contribution < 1.29 is 14.3 Å². The maximum absolute atomic E-state index is 12.6. The number of likely N-dealkylation sites (tertiary alicyclic amines) is 1. The Balaban J connectivity index is 1.56. The summed E-state index contributed by atoms with van der Waals surface area (Å²) in [7, 11) is 0. The summed E-state index contributed by atoms with van der Waals surface area (Å²) in [6.45, 7) is 7.08. The molecule has 0 spiro atoms. The lowest BCUT2D eigenvalue weighted by Gasteiger charge is -2.28. The van der Waals surface area contributed by atoms with Gasteiger partial charge < -0.3 is 14.4 Å². The van der Waals surface area contributed by atoms with E-state index in [2.05, 4.69) is 4.98 Å². The van der Waals surface area contributed by atoms with Gasteiger partial charge in [-0.3, -0.25) is 4.57 Å². The molecule has 8 heteroatoms. The van der Waals surface area contributed by atoms with E-state index in [1.807, 2.05) is 55.7 Å². The van der Waals surface area contributed by atoms with Crippen LogP contribution in [0, 0.1) is 0 Å². The van der Waals surface area contributed by atoms with E-state index in [0.29, 0.717) is 35.8 Å². The van der Waals surface area contributed by atoms with E-state index >= 15 is 0 Å². The van der Waals surface area contributed by atoms with Crippen molar-refractivity contribution in [2.24, 2.45) is 0 Å². The number of rotatable bonds is 5. The Morgan fingerprint density at radius 1 is 1.19 bits per heavy atom. The smallest absolute Gasteiger partial charge is 0.410 e. The van der Waals surface area contributed by atoms with Crippen LogP contribution < -0.4 is 4.74 Å². The van der Waals surface area contributed by atoms with E-state index in [1.165, 1.54) is 0 Å². The summed E-state index contributed by atoms with van der Waals surface area (Å²) < 4.78 is 13.7. The molecule has 4 rings (SSSR count). The number of para-hydroxylation sites is 2. The van der Waals surface area contributed by atoms with E-state index < -0.39 is 5.60 Å². The molecule has 1 aliphatic heterocycles. The van der Waals surface area contributed by atoms with Crippen LogP contribution in [0.4, 0.5) is 4.79 Å². The van der Waals surface area contributed by atoms with E-state index in [9.17, 15) is 4.79 Å². The summed E-state index contributed by atoms with van der Waals surface area (Å²) in [5.74, 6) is 0. The summed E-state index contributed by atoms with van der Waals surface area (Å²) in [5, 5.41) is 1.25. The van der Waals surface area contributed by atoms with Crippen LogP contribution in [-0.2, 0) is 11.3 Å². The Bertz CT molecular complexity index is 1120. The van der Waals surface area contributed by atoms with Crippen molar-refractivity contribution in [3.63, 3.8) is 0 Å². The molecule has 1 saturated heterocycles. The molecule has 6 nitrogen and oxygen atoms in total. The van der Waals surface area contributed by atoms with E-state index in [0.717, 1.165) is 29.4 Å². The summed E-state index contributed by atoms with van der Waals surface area (Å²) >= 11 is 12.6. The second-order valence-electron chi connectivity index (χ2n) is 8.99. The molecule has 0 unspecified atom stereocenters. The fourth-order valence-corrected chi connectivity index (χ4v) is 4.26. The van der Waals surface area contributed by atoms with Crippen LogP contribution in [0.2, 0.25) is 10.0 Å². The zero-order chi connectivity index (χ0) is 22.9. The molecular formula is C24H27Cl2N3O3. The summed E-state index contributed by atoms with van der Waals surface area (Å²) in [6, 6.07) is 13.7. The highest BCUT2D eigenvalue weighted by Crippen LogP contribution is 2.28. The molecule has 1 amide bonds. The minimum absolute atomic E-state index is 0.0622. The number of imidazole rings is 1. The highest BCUT2D eigenvalue weighted by Gasteiger charge is 2.33. The van der Waals surface area contributed by atoms with Crippen molar-refractivity contribution in [3.05, 3.63) is 58.1 Å². The first-order chi connectivity index (χ1) is 15.2. The number of hydrogen-bond donors (Lipinski definition) is 0. The topological polar surface area (TPSA) is 56.6 Å². The fourth-order valence-electron chi connectivity index (χ4n) is 3.89. The van der Waals surface area contributed by atoms with E-state index in [-0.39, 0.29) is 12.1 Å². The van der Waals surface area contributed by atoms with Gasteiger partial charge in [0, 0.05) is 16.6 Å². The molecule has 170 valence electrons. The first-order valence-electron chi connectivity index (χ1n) is 10.7. The lowest BCUT2D eigenvalue weighted by atomic mass is 10.2. The Labute approximate surface area is 198 Å². The standard InChI is InChI=1S/C24H27Cl2N3O3/c1-24(2,3)32-23(30)28-12-6-7-18(28)15-31-22-27-20-8-4-5-9-21(20)29(22)14-16-13-17(25)10-11-19(16)26/h4-5,8-11,13,18H,6-7,12,14-15H2,1-3H3/t18-/m0/s1. The van der Waals surface area contributed by atoms with Gasteiger partial charge in [0.25, 0.3) is 6.01 Å². The first kappa shape index (κ1) is 22.7. The molecule has 3 aromatic rings. The molecule has 0 aliphatic carbocycles. The van der Waals surface area contributed by atoms with Gasteiger partial charge in [0.15, 0.2) is 0 Å². The largest absolute Gasteiger partial charge is 0.462 e. The molecule has 2 heterocycles. The highest BCUT2D eigenvalue weighted by atomic mass is 35.5. The van der Waals surface area contributed by atoms with Crippen LogP contribution in [0.3, 0.4) is 0 Å². The highest BCUT2D eigenvalue weighted by molar-refractivity contribution is 6.33. The summed E-state index contributed by atoms with van der Waals surface area (Å²) in [4.78, 5) is 19.0. The van der Waals surface area contributed by atoms with Crippen molar-refractivity contribution in [2.45, 2.75) is 51.8 Å². The third kappa shape index (κ3) is 5.13. The lowest BCUT2D eigenvalue weighted by molar-refractivity contribution is 0.0183. The number of hydrogen-bond acceptors (Lipinski definition) is 4. The predicted octanol–water partition coefficient (Wildman–Crippen LogP) is 6.17. The van der Waals surface area contributed by atoms with Crippen molar-refractivity contribution >= 4 is 40.3 Å². The fraction of sp³-hybridized carbons (Fsp3) is 0.417. The minimum Gasteiger partial charge on any atom is -0.462 e. The lowest BCUT2D eigenvalue weighted by Crippen LogP contribution is -2.42. The molecule has 0 radical (unpaired) electrons. The number of aromatic nitrogens is 2. The molecule has 1 aromatic heterocycles. The van der Waals surface area contributed by atoms with Crippen molar-refractivity contribution in [2.75, 3.05) is 13.2 Å². The van der Waals surface area contributed by atoms with Gasteiger partial charge in [-0.1, -0.05) is 35.3 Å². The number of ether oxygens (including phenoxy) is 2. The van der Waals surface area contributed by atoms with Gasteiger partial charge in [-0.15, -0.1) is 0 Å². The third-order valence-electron chi connectivity index (χ3n) is 5.37. The number of halogens is 2. The second kappa shape index (κ2) is 9.20. The first-order valence-corrected chi connectivity index (χ1v) is 11.5. The third-order valence-corrected chi connectivity index (χ3v) is 5.97. The average Bonchev–Trinajstić information content (AvgIpc) is 3.33. The van der Waals surface area contributed by atoms with Crippen molar-refractivity contribution in [1.29, 1.82) is 0 Å². The van der Waals surface area contributed by atoms with Crippen molar-refractivity contribution in [3.8, 4) is 6.01 Å². The molecular weight excluding hydrogens is 449 g/mol. The van der Waals surface area contributed by atoms with Crippen LogP contribution in [-0.4, -0.2) is 45.3 Å². The van der Waals surface area contributed by atoms with Crippen molar-refractivity contribution in [1.82, 2.24) is 14.5 Å². The van der Waals surface area contributed by atoms with Gasteiger partial charge in [-0.25, -0.2) is 4.79 Å². The molecule has 0 bridgehead atoms. The van der Waals surface area contributed by atoms with Gasteiger partial charge in [0.05, 0.1) is 23.6 Å². The molecule has 32 heavy (non-hydrogen) atoms. The quantitative estimate of drug-likeness (QED) is 0.442. The van der Waals surface area contributed by atoms with Crippen LogP contribution >= 0.6 is 23.2 Å². The van der Waals surface area contributed by atoms with Crippen LogP contribution in [0.15, 0.2) is 42.5 Å². The maximum Gasteiger partial charge on any atom is 0.410 e. The van der Waals surface area contributed by atoms with Gasteiger partial charge in [-0.05, 0) is 69.5 Å². The normalized spacial score (nSPS) is 16.5. The van der Waals surface area contributed by atoms with Crippen LogP contribution in [0.1, 0.15) is 39.2 Å². The molecule has 2 aromatic carbocycles. The molecule has 1 aliphatic rings.